The molecule has 1 N–H and O–H groups in total. The molecule has 1 aliphatic rings. The van der Waals surface area contributed by atoms with Crippen LogP contribution in [0.2, 0.25) is 0 Å². The van der Waals surface area contributed by atoms with Gasteiger partial charge in [0.25, 0.3) is 0 Å². The zero-order valence-corrected chi connectivity index (χ0v) is 18.8. The molecular weight excluding hydrogens is 350 g/mol. The molecule has 0 saturated carbocycles. The lowest BCUT2D eigenvalue weighted by molar-refractivity contribution is -0.0761. The lowest BCUT2D eigenvalue weighted by atomic mass is 9.69. The summed E-state index contributed by atoms with van der Waals surface area (Å²) in [5.41, 5.74) is 1.64. The first kappa shape index (κ1) is 23.0. The maximum atomic E-state index is 6.08. The average molecular weight is 392 g/mol. The first-order chi connectivity index (χ1) is 13.4. The van der Waals surface area contributed by atoms with Crippen molar-refractivity contribution in [3.63, 3.8) is 0 Å². The molecule has 0 aromatic heterocycles. The van der Waals surface area contributed by atoms with Crippen molar-refractivity contribution in [1.29, 1.82) is 0 Å². The van der Waals surface area contributed by atoms with Crippen LogP contribution in [0.15, 0.2) is 18.2 Å². The van der Waals surface area contributed by atoms with Crippen molar-refractivity contribution >= 4 is 0 Å². The van der Waals surface area contributed by atoms with Gasteiger partial charge in [0.15, 0.2) is 11.5 Å². The van der Waals surface area contributed by atoms with Crippen LogP contribution >= 0.6 is 0 Å². The van der Waals surface area contributed by atoms with E-state index >= 15 is 0 Å². The molecule has 160 valence electrons. The van der Waals surface area contributed by atoms with Crippen molar-refractivity contribution in [3.05, 3.63) is 23.8 Å². The molecule has 1 heterocycles. The third-order valence-electron chi connectivity index (χ3n) is 6.20. The molecule has 2 rings (SSSR count). The maximum Gasteiger partial charge on any atom is 0.161 e. The van der Waals surface area contributed by atoms with Gasteiger partial charge < -0.3 is 19.5 Å². The van der Waals surface area contributed by atoms with Gasteiger partial charge in [0.1, 0.15) is 0 Å². The fraction of sp³-hybridized carbons (Fsp3) is 0.750. The SMILES string of the molecule is COc1ccc(CNCCC2(CCC(C)C)CCOC(C(C)C)C2)cc1OC. The molecule has 4 heteroatoms. The first-order valence-corrected chi connectivity index (χ1v) is 10.9. The summed E-state index contributed by atoms with van der Waals surface area (Å²) in [7, 11) is 3.36. The van der Waals surface area contributed by atoms with E-state index < -0.39 is 0 Å². The van der Waals surface area contributed by atoms with Gasteiger partial charge in [0, 0.05) is 13.2 Å². The summed E-state index contributed by atoms with van der Waals surface area (Å²) >= 11 is 0. The zero-order chi connectivity index (χ0) is 20.6. The van der Waals surface area contributed by atoms with E-state index in [4.69, 9.17) is 14.2 Å². The van der Waals surface area contributed by atoms with E-state index in [0.29, 0.717) is 17.4 Å². The Labute approximate surface area is 172 Å². The number of benzene rings is 1. The summed E-state index contributed by atoms with van der Waals surface area (Å²) < 4.78 is 16.8. The molecule has 0 amide bonds. The van der Waals surface area contributed by atoms with Gasteiger partial charge >= 0.3 is 0 Å². The molecular formula is C24H41NO3. The minimum atomic E-state index is 0.409. The van der Waals surface area contributed by atoms with Gasteiger partial charge in [-0.3, -0.25) is 0 Å². The molecule has 1 aromatic rings. The molecule has 1 aliphatic heterocycles. The van der Waals surface area contributed by atoms with Gasteiger partial charge in [-0.15, -0.1) is 0 Å². The van der Waals surface area contributed by atoms with Crippen LogP contribution in [-0.2, 0) is 11.3 Å². The molecule has 1 saturated heterocycles. The Morgan fingerprint density at radius 3 is 2.50 bits per heavy atom. The highest BCUT2D eigenvalue weighted by molar-refractivity contribution is 5.42. The van der Waals surface area contributed by atoms with E-state index in [1.165, 1.54) is 37.7 Å². The second-order valence-electron chi connectivity index (χ2n) is 9.16. The molecule has 1 fully saturated rings. The van der Waals surface area contributed by atoms with E-state index in [1.54, 1.807) is 14.2 Å². The smallest absolute Gasteiger partial charge is 0.161 e. The zero-order valence-electron chi connectivity index (χ0n) is 18.8. The highest BCUT2D eigenvalue weighted by Crippen LogP contribution is 2.43. The van der Waals surface area contributed by atoms with E-state index in [1.807, 2.05) is 6.07 Å². The van der Waals surface area contributed by atoms with Crippen LogP contribution in [0.3, 0.4) is 0 Å². The Hall–Kier alpha value is -1.26. The van der Waals surface area contributed by atoms with E-state index in [9.17, 15) is 0 Å². The van der Waals surface area contributed by atoms with Crippen LogP contribution in [0.4, 0.5) is 0 Å². The van der Waals surface area contributed by atoms with Crippen LogP contribution < -0.4 is 14.8 Å². The molecule has 0 radical (unpaired) electrons. The van der Waals surface area contributed by atoms with Gasteiger partial charge in [0.2, 0.25) is 0 Å². The Morgan fingerprint density at radius 1 is 1.11 bits per heavy atom. The van der Waals surface area contributed by atoms with Crippen LogP contribution in [0.5, 0.6) is 11.5 Å². The maximum absolute atomic E-state index is 6.08. The highest BCUT2D eigenvalue weighted by atomic mass is 16.5. The molecule has 0 spiro atoms. The second kappa shape index (κ2) is 11.1. The first-order valence-electron chi connectivity index (χ1n) is 10.9. The number of ether oxygens (including phenoxy) is 3. The van der Waals surface area contributed by atoms with Gasteiger partial charge in [-0.1, -0.05) is 40.2 Å². The van der Waals surface area contributed by atoms with Gasteiger partial charge in [0.05, 0.1) is 20.3 Å². The highest BCUT2D eigenvalue weighted by Gasteiger charge is 2.37. The summed E-state index contributed by atoms with van der Waals surface area (Å²) in [6.07, 6.45) is 6.65. The normalized spacial score (nSPS) is 22.6. The Bertz CT molecular complexity index is 587. The Kier molecular flexibility index (Phi) is 9.10. The second-order valence-corrected chi connectivity index (χ2v) is 9.16. The summed E-state index contributed by atoms with van der Waals surface area (Å²) in [5, 5.41) is 3.66. The van der Waals surface area contributed by atoms with E-state index in [0.717, 1.165) is 37.1 Å². The topological polar surface area (TPSA) is 39.7 Å². The van der Waals surface area contributed by atoms with Crippen molar-refractivity contribution in [2.24, 2.45) is 17.3 Å². The number of nitrogens with one attached hydrogen (secondary N) is 1. The molecule has 4 nitrogen and oxygen atoms in total. The van der Waals surface area contributed by atoms with E-state index in [-0.39, 0.29) is 0 Å². The van der Waals surface area contributed by atoms with Crippen molar-refractivity contribution in [1.82, 2.24) is 5.32 Å². The third kappa shape index (κ3) is 6.66. The Balaban J connectivity index is 1.92. The summed E-state index contributed by atoms with van der Waals surface area (Å²) in [6.45, 7) is 12.1. The Morgan fingerprint density at radius 2 is 1.86 bits per heavy atom. The fourth-order valence-electron chi connectivity index (χ4n) is 4.19. The number of hydrogen-bond donors (Lipinski definition) is 1. The van der Waals surface area contributed by atoms with Gasteiger partial charge in [-0.05, 0) is 67.2 Å². The molecule has 0 bridgehead atoms. The summed E-state index contributed by atoms with van der Waals surface area (Å²) in [6, 6.07) is 6.14. The van der Waals surface area contributed by atoms with Crippen LogP contribution in [0.1, 0.15) is 65.4 Å². The molecule has 2 unspecified atom stereocenters. The lowest BCUT2D eigenvalue weighted by Crippen LogP contribution is -2.39. The number of rotatable bonds is 11. The van der Waals surface area contributed by atoms with Gasteiger partial charge in [-0.25, -0.2) is 0 Å². The van der Waals surface area contributed by atoms with Crippen LogP contribution in [0.25, 0.3) is 0 Å². The standard InChI is InChI=1S/C24H41NO3/c1-18(2)9-10-24(12-14-28-23(16-24)19(3)4)11-13-25-17-20-7-8-21(26-5)22(15-20)27-6/h7-8,15,18-19,23,25H,9-14,16-17H2,1-6H3. The third-order valence-corrected chi connectivity index (χ3v) is 6.20. The van der Waals surface area contributed by atoms with Crippen molar-refractivity contribution < 1.29 is 14.2 Å². The van der Waals surface area contributed by atoms with Crippen LogP contribution in [0, 0.1) is 17.3 Å². The lowest BCUT2D eigenvalue weighted by Gasteiger charge is -2.43. The minimum absolute atomic E-state index is 0.409. The molecule has 0 aliphatic carbocycles. The fourth-order valence-corrected chi connectivity index (χ4v) is 4.19. The quantitative estimate of drug-likeness (QED) is 0.510. The van der Waals surface area contributed by atoms with Crippen LogP contribution in [-0.4, -0.2) is 33.5 Å². The minimum Gasteiger partial charge on any atom is -0.493 e. The van der Waals surface area contributed by atoms with E-state index in [2.05, 4.69) is 45.1 Å². The van der Waals surface area contributed by atoms with Crippen molar-refractivity contribution in [3.8, 4) is 11.5 Å². The predicted molar refractivity (Wildman–Crippen MR) is 116 cm³/mol. The summed E-state index contributed by atoms with van der Waals surface area (Å²) in [4.78, 5) is 0. The van der Waals surface area contributed by atoms with Gasteiger partial charge in [-0.2, -0.15) is 0 Å². The van der Waals surface area contributed by atoms with Crippen molar-refractivity contribution in [2.45, 2.75) is 72.4 Å². The molecule has 2 atom stereocenters. The predicted octanol–water partition coefficient (Wildman–Crippen LogP) is 5.44. The monoisotopic (exact) mass is 391 g/mol. The number of hydrogen-bond acceptors (Lipinski definition) is 4. The average Bonchev–Trinajstić information content (AvgIpc) is 2.69. The molecule has 28 heavy (non-hydrogen) atoms. The largest absolute Gasteiger partial charge is 0.493 e. The molecule has 1 aromatic carbocycles. The van der Waals surface area contributed by atoms with Crippen molar-refractivity contribution in [2.75, 3.05) is 27.4 Å². The summed E-state index contributed by atoms with van der Waals surface area (Å²) in [5.74, 6) is 2.93. The number of methoxy groups -OCH3 is 2.